The normalized spacial score (nSPS) is 15.4. The lowest BCUT2D eigenvalue weighted by Gasteiger charge is -2.34. The first kappa shape index (κ1) is 19.5. The summed E-state index contributed by atoms with van der Waals surface area (Å²) in [4.78, 5) is 9.29. The molecule has 1 aliphatic heterocycles. The van der Waals surface area contributed by atoms with Crippen LogP contribution in [0.2, 0.25) is 0 Å². The van der Waals surface area contributed by atoms with Crippen LogP contribution in [-0.2, 0) is 13.1 Å². The molecule has 6 nitrogen and oxygen atoms in total. The molecule has 0 radical (unpaired) electrons. The Balaban J connectivity index is 1.32. The molecule has 1 aliphatic rings. The number of oxazole rings is 1. The largest absolute Gasteiger partial charge is 0.497 e. The summed E-state index contributed by atoms with van der Waals surface area (Å²) in [6.07, 6.45) is 1.82. The Morgan fingerprint density at radius 1 is 0.897 bits per heavy atom. The minimum atomic E-state index is 0.739. The monoisotopic (exact) mass is 393 g/mol. The average Bonchev–Trinajstić information content (AvgIpc) is 3.24. The van der Waals surface area contributed by atoms with Gasteiger partial charge in [-0.3, -0.25) is 9.80 Å². The van der Waals surface area contributed by atoms with Gasteiger partial charge in [0.2, 0.25) is 5.89 Å². The Morgan fingerprint density at radius 2 is 1.62 bits per heavy atom. The fourth-order valence-electron chi connectivity index (χ4n) is 3.66. The molecule has 1 fully saturated rings. The summed E-state index contributed by atoms with van der Waals surface area (Å²) in [6, 6.07) is 16.1. The molecule has 0 amide bonds. The molecule has 6 heteroatoms. The van der Waals surface area contributed by atoms with Gasteiger partial charge < -0.3 is 13.9 Å². The molecule has 0 bridgehead atoms. The number of ether oxygens (including phenoxy) is 2. The van der Waals surface area contributed by atoms with Gasteiger partial charge in [0.25, 0.3) is 0 Å². The SMILES string of the molecule is COc1ccc(OC)c(CN2CCN(Cc3ncc(-c4ccccc4)o3)CC2)c1. The fraction of sp³-hybridized carbons (Fsp3) is 0.348. The van der Waals surface area contributed by atoms with E-state index >= 15 is 0 Å². The van der Waals surface area contributed by atoms with Crippen LogP contribution in [-0.4, -0.2) is 55.2 Å². The molecule has 4 rings (SSSR count). The number of piperazine rings is 1. The second kappa shape index (κ2) is 9.11. The zero-order chi connectivity index (χ0) is 20.1. The van der Waals surface area contributed by atoms with Crippen LogP contribution in [0.3, 0.4) is 0 Å². The molecule has 0 atom stereocenters. The van der Waals surface area contributed by atoms with Crippen molar-refractivity contribution in [1.82, 2.24) is 14.8 Å². The Hall–Kier alpha value is -2.83. The van der Waals surface area contributed by atoms with Crippen molar-refractivity contribution < 1.29 is 13.9 Å². The maximum Gasteiger partial charge on any atom is 0.209 e. The summed E-state index contributed by atoms with van der Waals surface area (Å²) in [7, 11) is 3.40. The number of hydrogen-bond donors (Lipinski definition) is 0. The van der Waals surface area contributed by atoms with Crippen LogP contribution in [0.4, 0.5) is 0 Å². The highest BCUT2D eigenvalue weighted by Crippen LogP contribution is 2.26. The summed E-state index contributed by atoms with van der Waals surface area (Å²) in [5.74, 6) is 3.36. The van der Waals surface area contributed by atoms with E-state index in [1.807, 2.05) is 48.7 Å². The van der Waals surface area contributed by atoms with Crippen molar-refractivity contribution in [3.05, 3.63) is 66.2 Å². The van der Waals surface area contributed by atoms with Gasteiger partial charge in [0.1, 0.15) is 11.5 Å². The molecule has 0 N–H and O–H groups in total. The molecule has 0 unspecified atom stereocenters. The second-order valence-corrected chi connectivity index (χ2v) is 7.21. The molecular formula is C23H27N3O3. The van der Waals surface area contributed by atoms with Crippen LogP contribution in [0, 0.1) is 0 Å². The molecule has 0 aliphatic carbocycles. The van der Waals surface area contributed by atoms with Gasteiger partial charge in [-0.05, 0) is 18.2 Å². The Bertz CT molecular complexity index is 918. The molecule has 2 aromatic carbocycles. The Kier molecular flexibility index (Phi) is 6.12. The van der Waals surface area contributed by atoms with Gasteiger partial charge in [-0.1, -0.05) is 30.3 Å². The Morgan fingerprint density at radius 3 is 2.31 bits per heavy atom. The third-order valence-electron chi connectivity index (χ3n) is 5.32. The predicted octanol–water partition coefficient (Wildman–Crippen LogP) is 3.68. The van der Waals surface area contributed by atoms with E-state index in [1.165, 1.54) is 0 Å². The van der Waals surface area contributed by atoms with Crippen molar-refractivity contribution >= 4 is 0 Å². The number of rotatable bonds is 7. The predicted molar refractivity (Wildman–Crippen MR) is 112 cm³/mol. The quantitative estimate of drug-likeness (QED) is 0.610. The Labute approximate surface area is 171 Å². The highest BCUT2D eigenvalue weighted by Gasteiger charge is 2.20. The van der Waals surface area contributed by atoms with Gasteiger partial charge in [-0.25, -0.2) is 4.98 Å². The lowest BCUT2D eigenvalue weighted by atomic mass is 10.1. The van der Waals surface area contributed by atoms with E-state index in [-0.39, 0.29) is 0 Å². The molecular weight excluding hydrogens is 366 g/mol. The lowest BCUT2D eigenvalue weighted by Crippen LogP contribution is -2.45. The first-order valence-corrected chi connectivity index (χ1v) is 9.91. The summed E-state index contributed by atoms with van der Waals surface area (Å²) < 4.78 is 16.8. The highest BCUT2D eigenvalue weighted by molar-refractivity contribution is 5.55. The number of methoxy groups -OCH3 is 2. The number of aromatic nitrogens is 1. The fourth-order valence-corrected chi connectivity index (χ4v) is 3.66. The summed E-state index contributed by atoms with van der Waals surface area (Å²) >= 11 is 0. The van der Waals surface area contributed by atoms with Gasteiger partial charge in [0.05, 0.1) is 27.0 Å². The summed E-state index contributed by atoms with van der Waals surface area (Å²) in [5, 5.41) is 0. The van der Waals surface area contributed by atoms with Crippen molar-refractivity contribution in [3.63, 3.8) is 0 Å². The van der Waals surface area contributed by atoms with Crippen molar-refractivity contribution in [3.8, 4) is 22.8 Å². The third kappa shape index (κ3) is 4.78. The van der Waals surface area contributed by atoms with E-state index < -0.39 is 0 Å². The third-order valence-corrected chi connectivity index (χ3v) is 5.32. The van der Waals surface area contributed by atoms with Crippen LogP contribution in [0.1, 0.15) is 11.5 Å². The topological polar surface area (TPSA) is 51.0 Å². The van der Waals surface area contributed by atoms with Crippen molar-refractivity contribution in [1.29, 1.82) is 0 Å². The number of nitrogens with zero attached hydrogens (tertiary/aromatic N) is 3. The maximum absolute atomic E-state index is 5.95. The maximum atomic E-state index is 5.95. The number of hydrogen-bond acceptors (Lipinski definition) is 6. The van der Waals surface area contributed by atoms with Crippen molar-refractivity contribution in [2.45, 2.75) is 13.1 Å². The smallest absolute Gasteiger partial charge is 0.209 e. The zero-order valence-corrected chi connectivity index (χ0v) is 17.0. The highest BCUT2D eigenvalue weighted by atomic mass is 16.5. The molecule has 0 saturated carbocycles. The number of benzene rings is 2. The molecule has 2 heterocycles. The summed E-state index contributed by atoms with van der Waals surface area (Å²) in [6.45, 7) is 5.54. The van der Waals surface area contributed by atoms with Crippen LogP contribution in [0.15, 0.2) is 59.1 Å². The van der Waals surface area contributed by atoms with Crippen molar-refractivity contribution in [2.75, 3.05) is 40.4 Å². The van der Waals surface area contributed by atoms with E-state index in [2.05, 4.69) is 20.9 Å². The standard InChI is InChI=1S/C23H27N3O3/c1-27-20-8-9-21(28-2)19(14-20)16-25-10-12-26(13-11-25)17-23-24-15-22(29-23)18-6-4-3-5-7-18/h3-9,14-15H,10-13,16-17H2,1-2H3. The van der Waals surface area contributed by atoms with E-state index in [0.29, 0.717) is 0 Å². The van der Waals surface area contributed by atoms with Crippen LogP contribution >= 0.6 is 0 Å². The minimum Gasteiger partial charge on any atom is -0.497 e. The van der Waals surface area contributed by atoms with Crippen LogP contribution in [0.25, 0.3) is 11.3 Å². The van der Waals surface area contributed by atoms with Crippen LogP contribution in [0.5, 0.6) is 11.5 Å². The molecule has 0 spiro atoms. The van der Waals surface area contributed by atoms with E-state index in [9.17, 15) is 0 Å². The van der Waals surface area contributed by atoms with Gasteiger partial charge in [0, 0.05) is 43.9 Å². The van der Waals surface area contributed by atoms with Crippen molar-refractivity contribution in [2.24, 2.45) is 0 Å². The zero-order valence-electron chi connectivity index (χ0n) is 17.0. The molecule has 152 valence electrons. The van der Waals surface area contributed by atoms with Gasteiger partial charge in [-0.2, -0.15) is 0 Å². The van der Waals surface area contributed by atoms with Gasteiger partial charge >= 0.3 is 0 Å². The lowest BCUT2D eigenvalue weighted by molar-refractivity contribution is 0.114. The molecule has 3 aromatic rings. The average molecular weight is 393 g/mol. The molecule has 1 aromatic heterocycles. The molecule has 29 heavy (non-hydrogen) atoms. The van der Waals surface area contributed by atoms with Crippen LogP contribution < -0.4 is 9.47 Å². The van der Waals surface area contributed by atoms with E-state index in [0.717, 1.165) is 73.5 Å². The van der Waals surface area contributed by atoms with Gasteiger partial charge in [0.15, 0.2) is 5.76 Å². The van der Waals surface area contributed by atoms with E-state index in [4.69, 9.17) is 13.9 Å². The first-order chi connectivity index (χ1) is 14.2. The van der Waals surface area contributed by atoms with E-state index in [1.54, 1.807) is 14.2 Å². The second-order valence-electron chi connectivity index (χ2n) is 7.21. The first-order valence-electron chi connectivity index (χ1n) is 9.91. The minimum absolute atomic E-state index is 0.739. The van der Waals surface area contributed by atoms with Gasteiger partial charge in [-0.15, -0.1) is 0 Å². The molecule has 1 saturated heterocycles. The summed E-state index contributed by atoms with van der Waals surface area (Å²) in [5.41, 5.74) is 2.21.